The molecule has 112 valence electrons. The van der Waals surface area contributed by atoms with Crippen molar-refractivity contribution in [2.45, 2.75) is 33.1 Å². The zero-order chi connectivity index (χ0) is 15.2. The van der Waals surface area contributed by atoms with Crippen molar-refractivity contribution in [3.8, 4) is 5.75 Å². The molecule has 5 heteroatoms. The van der Waals surface area contributed by atoms with Crippen molar-refractivity contribution in [1.29, 1.82) is 0 Å². The Morgan fingerprint density at radius 3 is 2.81 bits per heavy atom. The van der Waals surface area contributed by atoms with Crippen LogP contribution in [-0.4, -0.2) is 23.0 Å². The number of rotatable bonds is 7. The second-order valence-electron chi connectivity index (χ2n) is 5.41. The van der Waals surface area contributed by atoms with Crippen molar-refractivity contribution in [1.82, 2.24) is 10.1 Å². The molecule has 2 aromatic rings. The van der Waals surface area contributed by atoms with Crippen LogP contribution >= 0.6 is 0 Å². The molecule has 1 heterocycles. The molecule has 1 aromatic heterocycles. The predicted octanol–water partition coefficient (Wildman–Crippen LogP) is 2.83. The standard InChI is InChI=1S/C16H20N2O3/c1-11(2)8-13(19)10-16-17-15(18-21-16)9-12-6-4-5-7-14(12)20-3/h4-7,11H,8-10H2,1-3H3. The minimum absolute atomic E-state index is 0.123. The van der Waals surface area contributed by atoms with Gasteiger partial charge in [0.1, 0.15) is 11.5 Å². The van der Waals surface area contributed by atoms with Gasteiger partial charge in [-0.2, -0.15) is 4.98 Å². The van der Waals surface area contributed by atoms with E-state index in [4.69, 9.17) is 9.26 Å². The van der Waals surface area contributed by atoms with E-state index in [0.717, 1.165) is 11.3 Å². The van der Waals surface area contributed by atoms with Gasteiger partial charge in [-0.15, -0.1) is 0 Å². The Labute approximate surface area is 124 Å². The van der Waals surface area contributed by atoms with E-state index in [0.29, 0.717) is 30.5 Å². The van der Waals surface area contributed by atoms with Crippen LogP contribution in [0.5, 0.6) is 5.75 Å². The fourth-order valence-electron chi connectivity index (χ4n) is 2.15. The first kappa shape index (κ1) is 15.2. The Morgan fingerprint density at radius 1 is 1.33 bits per heavy atom. The number of benzene rings is 1. The molecule has 0 aliphatic heterocycles. The quantitative estimate of drug-likeness (QED) is 0.783. The van der Waals surface area contributed by atoms with Gasteiger partial charge >= 0.3 is 0 Å². The Hall–Kier alpha value is -2.17. The lowest BCUT2D eigenvalue weighted by atomic mass is 10.1. The summed E-state index contributed by atoms with van der Waals surface area (Å²) < 4.78 is 10.4. The highest BCUT2D eigenvalue weighted by Gasteiger charge is 2.14. The van der Waals surface area contributed by atoms with Crippen LogP contribution in [-0.2, 0) is 17.6 Å². The molecule has 5 nitrogen and oxygen atoms in total. The van der Waals surface area contributed by atoms with Crippen LogP contribution in [0, 0.1) is 5.92 Å². The van der Waals surface area contributed by atoms with Crippen LogP contribution in [0.3, 0.4) is 0 Å². The van der Waals surface area contributed by atoms with Gasteiger partial charge in [0.05, 0.1) is 13.5 Å². The van der Waals surface area contributed by atoms with Crippen LogP contribution in [0.1, 0.15) is 37.5 Å². The Kier molecular flexibility index (Phi) is 5.09. The molecule has 0 radical (unpaired) electrons. The number of ether oxygens (including phenoxy) is 1. The molecule has 0 saturated heterocycles. The van der Waals surface area contributed by atoms with Crippen molar-refractivity contribution in [2.24, 2.45) is 5.92 Å². The number of hydrogen-bond acceptors (Lipinski definition) is 5. The Balaban J connectivity index is 2.01. The SMILES string of the molecule is COc1ccccc1Cc1noc(CC(=O)CC(C)C)n1. The van der Waals surface area contributed by atoms with Crippen LogP contribution in [0.25, 0.3) is 0 Å². The highest BCUT2D eigenvalue weighted by atomic mass is 16.5. The summed E-state index contributed by atoms with van der Waals surface area (Å²) in [4.78, 5) is 16.0. The van der Waals surface area contributed by atoms with Crippen molar-refractivity contribution in [2.75, 3.05) is 7.11 Å². The van der Waals surface area contributed by atoms with Crippen LogP contribution < -0.4 is 4.74 Å². The van der Waals surface area contributed by atoms with Gasteiger partial charge in [0, 0.05) is 18.4 Å². The van der Waals surface area contributed by atoms with E-state index in [-0.39, 0.29) is 12.2 Å². The molecule has 0 N–H and O–H groups in total. The molecular weight excluding hydrogens is 268 g/mol. The van der Waals surface area contributed by atoms with E-state index in [1.165, 1.54) is 0 Å². The summed E-state index contributed by atoms with van der Waals surface area (Å²) in [5, 5.41) is 3.93. The van der Waals surface area contributed by atoms with E-state index < -0.39 is 0 Å². The molecule has 0 amide bonds. The smallest absolute Gasteiger partial charge is 0.234 e. The second kappa shape index (κ2) is 7.02. The van der Waals surface area contributed by atoms with Gasteiger partial charge < -0.3 is 9.26 Å². The van der Waals surface area contributed by atoms with Crippen molar-refractivity contribution >= 4 is 5.78 Å². The molecule has 0 aliphatic carbocycles. The first-order chi connectivity index (χ1) is 10.1. The summed E-state index contributed by atoms with van der Waals surface area (Å²) in [5.74, 6) is 2.20. The van der Waals surface area contributed by atoms with E-state index in [9.17, 15) is 4.79 Å². The van der Waals surface area contributed by atoms with E-state index >= 15 is 0 Å². The van der Waals surface area contributed by atoms with Gasteiger partial charge in [0.2, 0.25) is 5.89 Å². The zero-order valence-corrected chi connectivity index (χ0v) is 12.6. The average molecular weight is 288 g/mol. The summed E-state index contributed by atoms with van der Waals surface area (Å²) >= 11 is 0. The number of aromatic nitrogens is 2. The molecule has 0 fully saturated rings. The van der Waals surface area contributed by atoms with Crippen LogP contribution in [0.15, 0.2) is 28.8 Å². The maximum Gasteiger partial charge on any atom is 0.234 e. The normalized spacial score (nSPS) is 10.9. The highest BCUT2D eigenvalue weighted by molar-refractivity contribution is 5.80. The third kappa shape index (κ3) is 4.41. The lowest BCUT2D eigenvalue weighted by Gasteiger charge is -2.05. The number of para-hydroxylation sites is 1. The Morgan fingerprint density at radius 2 is 2.10 bits per heavy atom. The Bertz CT molecular complexity index is 605. The fourth-order valence-corrected chi connectivity index (χ4v) is 2.15. The van der Waals surface area contributed by atoms with Crippen LogP contribution in [0.4, 0.5) is 0 Å². The van der Waals surface area contributed by atoms with Crippen molar-refractivity contribution in [3.63, 3.8) is 0 Å². The van der Waals surface area contributed by atoms with Crippen molar-refractivity contribution in [3.05, 3.63) is 41.5 Å². The number of methoxy groups -OCH3 is 1. The average Bonchev–Trinajstić information content (AvgIpc) is 2.85. The van der Waals surface area contributed by atoms with Gasteiger partial charge in [0.15, 0.2) is 5.82 Å². The highest BCUT2D eigenvalue weighted by Crippen LogP contribution is 2.19. The van der Waals surface area contributed by atoms with Gasteiger partial charge in [-0.3, -0.25) is 4.79 Å². The maximum atomic E-state index is 11.7. The minimum Gasteiger partial charge on any atom is -0.496 e. The lowest BCUT2D eigenvalue weighted by molar-refractivity contribution is -0.119. The minimum atomic E-state index is 0.123. The number of Topliss-reactive ketones (excluding diaryl/α,β-unsaturated/α-hetero) is 1. The molecule has 0 saturated carbocycles. The van der Waals surface area contributed by atoms with Crippen LogP contribution in [0.2, 0.25) is 0 Å². The molecule has 0 unspecified atom stereocenters. The first-order valence-corrected chi connectivity index (χ1v) is 7.03. The topological polar surface area (TPSA) is 65.2 Å². The van der Waals surface area contributed by atoms with Gasteiger partial charge in [-0.05, 0) is 12.0 Å². The van der Waals surface area contributed by atoms with E-state index in [2.05, 4.69) is 10.1 Å². The molecule has 0 bridgehead atoms. The van der Waals surface area contributed by atoms with E-state index in [1.807, 2.05) is 38.1 Å². The third-order valence-electron chi connectivity index (χ3n) is 3.04. The molecule has 2 rings (SSSR count). The summed E-state index contributed by atoms with van der Waals surface area (Å²) in [6.45, 7) is 4.03. The number of ketones is 1. The number of nitrogens with zero attached hydrogens (tertiary/aromatic N) is 2. The number of carbonyl (C=O) groups is 1. The molecular formula is C16H20N2O3. The number of carbonyl (C=O) groups excluding carboxylic acids is 1. The largest absolute Gasteiger partial charge is 0.496 e. The molecule has 0 aliphatic rings. The molecule has 21 heavy (non-hydrogen) atoms. The first-order valence-electron chi connectivity index (χ1n) is 7.03. The fraction of sp³-hybridized carbons (Fsp3) is 0.438. The molecule has 0 spiro atoms. The lowest BCUT2D eigenvalue weighted by Crippen LogP contribution is -2.06. The summed E-state index contributed by atoms with van der Waals surface area (Å²) in [5.41, 5.74) is 0.987. The van der Waals surface area contributed by atoms with Gasteiger partial charge in [-0.1, -0.05) is 37.2 Å². The zero-order valence-electron chi connectivity index (χ0n) is 12.6. The summed E-state index contributed by atoms with van der Waals surface area (Å²) in [6, 6.07) is 7.70. The number of hydrogen-bond donors (Lipinski definition) is 0. The predicted molar refractivity (Wildman–Crippen MR) is 78.3 cm³/mol. The maximum absolute atomic E-state index is 11.7. The molecule has 1 aromatic carbocycles. The van der Waals surface area contributed by atoms with Gasteiger partial charge in [0.25, 0.3) is 0 Å². The molecule has 0 atom stereocenters. The van der Waals surface area contributed by atoms with Gasteiger partial charge in [-0.25, -0.2) is 0 Å². The monoisotopic (exact) mass is 288 g/mol. The summed E-state index contributed by atoms with van der Waals surface area (Å²) in [7, 11) is 1.63. The van der Waals surface area contributed by atoms with Crippen molar-refractivity contribution < 1.29 is 14.1 Å². The van der Waals surface area contributed by atoms with E-state index in [1.54, 1.807) is 7.11 Å². The second-order valence-corrected chi connectivity index (χ2v) is 5.41. The third-order valence-corrected chi connectivity index (χ3v) is 3.04. The summed E-state index contributed by atoms with van der Waals surface area (Å²) in [6.07, 6.45) is 1.26.